The molecule has 2 atom stereocenters. The van der Waals surface area contributed by atoms with Gasteiger partial charge in [-0.2, -0.15) is 0 Å². The van der Waals surface area contributed by atoms with Gasteiger partial charge in [-0.05, 0) is 31.9 Å². The van der Waals surface area contributed by atoms with Crippen molar-refractivity contribution in [2.24, 2.45) is 0 Å². The molecule has 0 saturated carbocycles. The normalized spacial score (nSPS) is 18.2. The van der Waals surface area contributed by atoms with Crippen LogP contribution in [-0.4, -0.2) is 41.4 Å². The molecule has 2 rings (SSSR count). The number of rotatable bonds is 4. The van der Waals surface area contributed by atoms with Crippen molar-refractivity contribution in [2.75, 3.05) is 11.9 Å². The maximum atomic E-state index is 13.1. The lowest BCUT2D eigenvalue weighted by Crippen LogP contribution is -2.42. The van der Waals surface area contributed by atoms with Crippen LogP contribution in [0.15, 0.2) is 18.2 Å². The summed E-state index contributed by atoms with van der Waals surface area (Å²) in [7, 11) is 0. The van der Waals surface area contributed by atoms with Gasteiger partial charge in [0, 0.05) is 25.2 Å². The van der Waals surface area contributed by atoms with Crippen LogP contribution in [0.4, 0.5) is 14.5 Å². The fourth-order valence-electron chi connectivity index (χ4n) is 2.51. The predicted molar refractivity (Wildman–Crippen MR) is 81.0 cm³/mol. The Balaban J connectivity index is 1.94. The minimum absolute atomic E-state index is 0.0491. The van der Waals surface area contributed by atoms with Crippen molar-refractivity contribution < 1.29 is 27.9 Å². The maximum Gasteiger partial charge on any atom is 0.329 e. The van der Waals surface area contributed by atoms with E-state index < -0.39 is 35.7 Å². The zero-order valence-corrected chi connectivity index (χ0v) is 13.3. The quantitative estimate of drug-likeness (QED) is 0.849. The fraction of sp³-hybridized carbons (Fsp3) is 0.438. The molecular weight excluding hydrogens is 322 g/mol. The molecule has 1 aliphatic heterocycles. The number of ether oxygens (including phenoxy) is 1. The van der Waals surface area contributed by atoms with E-state index in [-0.39, 0.29) is 11.6 Å². The summed E-state index contributed by atoms with van der Waals surface area (Å²) in [6.45, 7) is 3.20. The van der Waals surface area contributed by atoms with Gasteiger partial charge in [-0.25, -0.2) is 13.6 Å². The summed E-state index contributed by atoms with van der Waals surface area (Å²) in [6, 6.07) is 2.21. The lowest BCUT2D eigenvalue weighted by Gasteiger charge is -2.23. The first-order chi connectivity index (χ1) is 11.3. The molecule has 0 radical (unpaired) electrons. The van der Waals surface area contributed by atoms with Gasteiger partial charge in [-0.1, -0.05) is 0 Å². The fourth-order valence-corrected chi connectivity index (χ4v) is 2.51. The highest BCUT2D eigenvalue weighted by atomic mass is 19.2. The molecule has 1 fully saturated rings. The van der Waals surface area contributed by atoms with Crippen LogP contribution >= 0.6 is 0 Å². The Morgan fingerprint density at radius 1 is 1.29 bits per heavy atom. The van der Waals surface area contributed by atoms with Crippen LogP contribution in [0, 0.1) is 11.6 Å². The average Bonchev–Trinajstić information content (AvgIpc) is 3.00. The van der Waals surface area contributed by atoms with Crippen molar-refractivity contribution in [3.63, 3.8) is 0 Å². The monoisotopic (exact) mass is 340 g/mol. The number of esters is 1. The summed E-state index contributed by atoms with van der Waals surface area (Å²) in [5, 5.41) is 2.34. The van der Waals surface area contributed by atoms with Gasteiger partial charge in [0.25, 0.3) is 5.91 Å². The molecule has 1 aromatic rings. The SMILES string of the molecule is CC(=O)N1CCC[C@H]1C(=O)O[C@H](C)C(=O)Nc1ccc(F)c(F)c1. The van der Waals surface area contributed by atoms with Gasteiger partial charge in [0.05, 0.1) is 0 Å². The first kappa shape index (κ1) is 17.8. The van der Waals surface area contributed by atoms with Crippen LogP contribution in [0.2, 0.25) is 0 Å². The van der Waals surface area contributed by atoms with Crippen LogP contribution < -0.4 is 5.32 Å². The molecular formula is C16H18F2N2O4. The second-order valence-electron chi connectivity index (χ2n) is 5.57. The number of carbonyl (C=O) groups is 3. The Labute approximate surface area is 137 Å². The van der Waals surface area contributed by atoms with E-state index in [2.05, 4.69) is 5.32 Å². The molecule has 1 saturated heterocycles. The second kappa shape index (κ2) is 7.37. The molecule has 6 nitrogen and oxygen atoms in total. The third-order valence-corrected chi connectivity index (χ3v) is 3.78. The van der Waals surface area contributed by atoms with Gasteiger partial charge < -0.3 is 15.0 Å². The van der Waals surface area contributed by atoms with E-state index in [0.717, 1.165) is 12.1 Å². The van der Waals surface area contributed by atoms with Crippen molar-refractivity contribution in [1.82, 2.24) is 4.90 Å². The number of hydrogen-bond donors (Lipinski definition) is 1. The largest absolute Gasteiger partial charge is 0.451 e. The Morgan fingerprint density at radius 2 is 2.00 bits per heavy atom. The second-order valence-corrected chi connectivity index (χ2v) is 5.57. The number of hydrogen-bond acceptors (Lipinski definition) is 4. The Morgan fingerprint density at radius 3 is 2.62 bits per heavy atom. The summed E-state index contributed by atoms with van der Waals surface area (Å²) in [6.07, 6.45) is 0.0325. The Bertz CT molecular complexity index is 665. The summed E-state index contributed by atoms with van der Waals surface area (Å²) >= 11 is 0. The third kappa shape index (κ3) is 4.06. The molecule has 8 heteroatoms. The summed E-state index contributed by atoms with van der Waals surface area (Å²) in [5.74, 6) is -3.69. The topological polar surface area (TPSA) is 75.7 Å². The molecule has 1 aliphatic rings. The van der Waals surface area contributed by atoms with E-state index in [1.54, 1.807) is 0 Å². The van der Waals surface area contributed by atoms with Gasteiger partial charge in [-0.15, -0.1) is 0 Å². The van der Waals surface area contributed by atoms with Crippen LogP contribution in [0.25, 0.3) is 0 Å². The lowest BCUT2D eigenvalue weighted by atomic mass is 10.2. The first-order valence-electron chi connectivity index (χ1n) is 7.53. The van der Waals surface area contributed by atoms with Gasteiger partial charge in [0.15, 0.2) is 17.7 Å². The van der Waals surface area contributed by atoms with Gasteiger partial charge in [-0.3, -0.25) is 9.59 Å². The zero-order valence-electron chi connectivity index (χ0n) is 13.3. The molecule has 1 aromatic carbocycles. The number of likely N-dealkylation sites (tertiary alicyclic amines) is 1. The van der Waals surface area contributed by atoms with Crippen molar-refractivity contribution >= 4 is 23.5 Å². The van der Waals surface area contributed by atoms with Crippen LogP contribution in [0.3, 0.4) is 0 Å². The Kier molecular flexibility index (Phi) is 5.48. The highest BCUT2D eigenvalue weighted by Gasteiger charge is 2.35. The van der Waals surface area contributed by atoms with Crippen molar-refractivity contribution in [2.45, 2.75) is 38.8 Å². The van der Waals surface area contributed by atoms with Crippen LogP contribution in [0.1, 0.15) is 26.7 Å². The summed E-state index contributed by atoms with van der Waals surface area (Å²) < 4.78 is 31.1. The van der Waals surface area contributed by atoms with Crippen LogP contribution in [-0.2, 0) is 19.1 Å². The summed E-state index contributed by atoms with van der Waals surface area (Å²) in [4.78, 5) is 37.0. The van der Waals surface area contributed by atoms with Gasteiger partial charge >= 0.3 is 5.97 Å². The van der Waals surface area contributed by atoms with Crippen molar-refractivity contribution in [3.05, 3.63) is 29.8 Å². The first-order valence-corrected chi connectivity index (χ1v) is 7.53. The summed E-state index contributed by atoms with van der Waals surface area (Å²) in [5.41, 5.74) is 0.0491. The van der Waals surface area contributed by atoms with Gasteiger partial charge in [0.2, 0.25) is 5.91 Å². The molecule has 0 aliphatic carbocycles. The minimum atomic E-state index is -1.14. The number of halogens is 2. The van der Waals surface area contributed by atoms with E-state index in [9.17, 15) is 23.2 Å². The van der Waals surface area contributed by atoms with E-state index in [1.807, 2.05) is 0 Å². The molecule has 1 heterocycles. The number of nitrogens with zero attached hydrogens (tertiary/aromatic N) is 1. The highest BCUT2D eigenvalue weighted by molar-refractivity contribution is 5.95. The number of anilines is 1. The molecule has 2 amide bonds. The third-order valence-electron chi connectivity index (χ3n) is 3.78. The zero-order chi connectivity index (χ0) is 17.9. The van der Waals surface area contributed by atoms with E-state index in [0.29, 0.717) is 19.4 Å². The molecule has 0 unspecified atom stereocenters. The number of amides is 2. The smallest absolute Gasteiger partial charge is 0.329 e. The number of nitrogens with one attached hydrogen (secondary N) is 1. The molecule has 0 aromatic heterocycles. The van der Waals surface area contributed by atoms with Crippen molar-refractivity contribution in [1.29, 1.82) is 0 Å². The highest BCUT2D eigenvalue weighted by Crippen LogP contribution is 2.19. The minimum Gasteiger partial charge on any atom is -0.451 e. The van der Waals surface area contributed by atoms with Crippen LogP contribution in [0.5, 0.6) is 0 Å². The van der Waals surface area contributed by atoms with E-state index >= 15 is 0 Å². The van der Waals surface area contributed by atoms with Crippen molar-refractivity contribution in [3.8, 4) is 0 Å². The standard InChI is InChI=1S/C16H18F2N2O4/c1-9(15(22)19-11-5-6-12(17)13(18)8-11)24-16(23)14-4-3-7-20(14)10(2)21/h5-6,8-9,14H,3-4,7H2,1-2H3,(H,19,22)/t9-,14+/m1/s1. The molecule has 1 N–H and O–H groups in total. The van der Waals surface area contributed by atoms with E-state index in [1.165, 1.54) is 24.8 Å². The number of benzene rings is 1. The lowest BCUT2D eigenvalue weighted by molar-refractivity contribution is -0.159. The predicted octanol–water partition coefficient (Wildman–Crippen LogP) is 1.85. The maximum absolute atomic E-state index is 13.1. The average molecular weight is 340 g/mol. The van der Waals surface area contributed by atoms with Gasteiger partial charge in [0.1, 0.15) is 6.04 Å². The Hall–Kier alpha value is -2.51. The molecule has 24 heavy (non-hydrogen) atoms. The molecule has 130 valence electrons. The molecule has 0 bridgehead atoms. The molecule has 0 spiro atoms. The number of carbonyl (C=O) groups excluding carboxylic acids is 3. The van der Waals surface area contributed by atoms with E-state index in [4.69, 9.17) is 4.74 Å².